The molecule has 2 heterocycles. The molecule has 0 N–H and O–H groups in total. The van der Waals surface area contributed by atoms with Crippen molar-refractivity contribution in [2.75, 3.05) is 6.61 Å². The fraction of sp³-hybridized carbons (Fsp3) is 0.714. The first-order valence-electron chi connectivity index (χ1n) is 4.16. The number of aromatic nitrogens is 3. The molecule has 0 amide bonds. The van der Waals surface area contributed by atoms with Gasteiger partial charge in [0.25, 0.3) is 0 Å². The summed E-state index contributed by atoms with van der Waals surface area (Å²) >= 11 is 6.55. The summed E-state index contributed by atoms with van der Waals surface area (Å²) in [6.07, 6.45) is 3.38. The van der Waals surface area contributed by atoms with Crippen molar-refractivity contribution < 1.29 is 4.74 Å². The second-order valence-corrected chi connectivity index (χ2v) is 4.33. The van der Waals surface area contributed by atoms with Gasteiger partial charge in [0, 0.05) is 6.61 Å². The number of halogens is 2. The highest BCUT2D eigenvalue weighted by molar-refractivity contribution is 9.11. The van der Waals surface area contributed by atoms with Gasteiger partial charge in [0.15, 0.2) is 11.0 Å². The van der Waals surface area contributed by atoms with Gasteiger partial charge in [0.05, 0.1) is 0 Å². The van der Waals surface area contributed by atoms with E-state index < -0.39 is 0 Å². The van der Waals surface area contributed by atoms with Crippen LogP contribution in [-0.4, -0.2) is 21.4 Å². The molecule has 0 aromatic carbocycles. The number of nitrogens with zero attached hydrogens (tertiary/aromatic N) is 3. The Morgan fingerprint density at radius 2 is 2.23 bits per heavy atom. The minimum atomic E-state index is 0.0434. The van der Waals surface area contributed by atoms with Crippen LogP contribution in [0.5, 0.6) is 0 Å². The summed E-state index contributed by atoms with van der Waals surface area (Å²) in [7, 11) is 0. The summed E-state index contributed by atoms with van der Waals surface area (Å²) in [5.74, 6) is 0. The van der Waals surface area contributed by atoms with E-state index in [0.29, 0.717) is 9.47 Å². The van der Waals surface area contributed by atoms with Crippen molar-refractivity contribution in [2.45, 2.75) is 25.5 Å². The summed E-state index contributed by atoms with van der Waals surface area (Å²) in [5.41, 5.74) is 0. The lowest BCUT2D eigenvalue weighted by molar-refractivity contribution is -0.0413. The second kappa shape index (κ2) is 4.06. The first kappa shape index (κ1) is 9.61. The van der Waals surface area contributed by atoms with Crippen molar-refractivity contribution in [3.8, 4) is 0 Å². The van der Waals surface area contributed by atoms with Crippen LogP contribution in [0.2, 0.25) is 0 Å². The number of hydrogen-bond acceptors (Lipinski definition) is 3. The standard InChI is InChI=1S/C7H9Br2N3O/c8-6-10-7(9)12(11-6)5-3-1-2-4-13-5/h5H,1-4H2/t5-/m0/s1. The van der Waals surface area contributed by atoms with Crippen LogP contribution in [0.25, 0.3) is 0 Å². The summed E-state index contributed by atoms with van der Waals surface area (Å²) in [4.78, 5) is 4.09. The Labute approximate surface area is 92.9 Å². The van der Waals surface area contributed by atoms with Crippen LogP contribution >= 0.6 is 31.9 Å². The highest BCUT2D eigenvalue weighted by Crippen LogP contribution is 2.25. The molecule has 1 aromatic heterocycles. The van der Waals surface area contributed by atoms with E-state index in [2.05, 4.69) is 41.9 Å². The SMILES string of the molecule is Brc1nc(Br)n([C@@H]2CCCCO2)n1. The van der Waals surface area contributed by atoms with Gasteiger partial charge in [0.1, 0.15) is 0 Å². The zero-order valence-electron chi connectivity index (χ0n) is 6.91. The van der Waals surface area contributed by atoms with Crippen molar-refractivity contribution in [3.63, 3.8) is 0 Å². The lowest BCUT2D eigenvalue weighted by Crippen LogP contribution is -2.19. The molecule has 0 aliphatic carbocycles. The topological polar surface area (TPSA) is 39.9 Å². The van der Waals surface area contributed by atoms with E-state index in [0.717, 1.165) is 19.4 Å². The molecule has 72 valence electrons. The normalized spacial score (nSPS) is 23.4. The van der Waals surface area contributed by atoms with E-state index in [-0.39, 0.29) is 6.23 Å². The van der Waals surface area contributed by atoms with E-state index >= 15 is 0 Å². The van der Waals surface area contributed by atoms with Gasteiger partial charge < -0.3 is 4.74 Å². The molecule has 1 saturated heterocycles. The van der Waals surface area contributed by atoms with Gasteiger partial charge in [-0.25, -0.2) is 4.68 Å². The fourth-order valence-corrected chi connectivity index (χ4v) is 2.43. The molecule has 13 heavy (non-hydrogen) atoms. The van der Waals surface area contributed by atoms with Crippen molar-refractivity contribution >= 4 is 31.9 Å². The minimum Gasteiger partial charge on any atom is -0.356 e. The van der Waals surface area contributed by atoms with E-state index in [1.807, 2.05) is 0 Å². The molecule has 1 atom stereocenters. The maximum absolute atomic E-state index is 5.57. The van der Waals surface area contributed by atoms with Gasteiger partial charge in [0.2, 0.25) is 4.73 Å². The Kier molecular flexibility index (Phi) is 3.00. The fourth-order valence-electron chi connectivity index (χ4n) is 1.38. The smallest absolute Gasteiger partial charge is 0.218 e. The molecule has 1 aliphatic heterocycles. The van der Waals surface area contributed by atoms with Gasteiger partial charge in [-0.3, -0.25) is 0 Å². The molecule has 0 spiro atoms. The average molecular weight is 311 g/mol. The first-order valence-corrected chi connectivity index (χ1v) is 5.75. The highest BCUT2D eigenvalue weighted by Gasteiger charge is 2.19. The largest absolute Gasteiger partial charge is 0.356 e. The van der Waals surface area contributed by atoms with Crippen LogP contribution in [0.4, 0.5) is 0 Å². The number of ether oxygens (including phenoxy) is 1. The van der Waals surface area contributed by atoms with Gasteiger partial charge in [-0.15, -0.1) is 5.10 Å². The Morgan fingerprint density at radius 1 is 1.38 bits per heavy atom. The van der Waals surface area contributed by atoms with Crippen LogP contribution in [0.15, 0.2) is 9.47 Å². The van der Waals surface area contributed by atoms with Crippen molar-refractivity contribution in [1.29, 1.82) is 0 Å². The van der Waals surface area contributed by atoms with Gasteiger partial charge in [-0.2, -0.15) is 4.98 Å². The van der Waals surface area contributed by atoms with Crippen LogP contribution in [-0.2, 0) is 4.74 Å². The second-order valence-electron chi connectivity index (χ2n) is 2.92. The van der Waals surface area contributed by atoms with E-state index in [1.165, 1.54) is 6.42 Å². The molecule has 1 aromatic rings. The Hall–Kier alpha value is 0.0600. The monoisotopic (exact) mass is 309 g/mol. The zero-order chi connectivity index (χ0) is 9.26. The predicted octanol–water partition coefficient (Wildman–Crippen LogP) is 2.50. The molecule has 0 unspecified atom stereocenters. The van der Waals surface area contributed by atoms with Crippen molar-refractivity contribution in [3.05, 3.63) is 9.47 Å². The van der Waals surface area contributed by atoms with Gasteiger partial charge in [-0.05, 0) is 51.1 Å². The molecule has 0 saturated carbocycles. The quantitative estimate of drug-likeness (QED) is 0.800. The van der Waals surface area contributed by atoms with E-state index in [9.17, 15) is 0 Å². The molecule has 4 nitrogen and oxygen atoms in total. The summed E-state index contributed by atoms with van der Waals surface area (Å²) in [6, 6.07) is 0. The molecule has 0 bridgehead atoms. The zero-order valence-corrected chi connectivity index (χ0v) is 10.1. The van der Waals surface area contributed by atoms with E-state index in [4.69, 9.17) is 4.74 Å². The molecule has 1 fully saturated rings. The third kappa shape index (κ3) is 2.11. The molecule has 0 radical (unpaired) electrons. The number of hydrogen-bond donors (Lipinski definition) is 0. The Morgan fingerprint density at radius 3 is 2.77 bits per heavy atom. The number of rotatable bonds is 1. The molecule has 2 rings (SSSR count). The van der Waals surface area contributed by atoms with Gasteiger partial charge in [-0.1, -0.05) is 0 Å². The highest BCUT2D eigenvalue weighted by atomic mass is 79.9. The average Bonchev–Trinajstić information content (AvgIpc) is 2.47. The van der Waals surface area contributed by atoms with Crippen LogP contribution in [0.3, 0.4) is 0 Å². The van der Waals surface area contributed by atoms with Crippen molar-refractivity contribution in [2.24, 2.45) is 0 Å². The Bertz CT molecular complexity index is 296. The summed E-state index contributed by atoms with van der Waals surface area (Å²) in [5, 5.41) is 4.18. The summed E-state index contributed by atoms with van der Waals surface area (Å²) < 4.78 is 8.64. The minimum absolute atomic E-state index is 0.0434. The molecule has 6 heteroatoms. The maximum atomic E-state index is 5.57. The third-order valence-electron chi connectivity index (χ3n) is 1.99. The van der Waals surface area contributed by atoms with Crippen LogP contribution < -0.4 is 0 Å². The lowest BCUT2D eigenvalue weighted by Gasteiger charge is -2.22. The van der Waals surface area contributed by atoms with Crippen LogP contribution in [0, 0.1) is 0 Å². The molecular formula is C7H9Br2N3O. The Balaban J connectivity index is 2.18. The summed E-state index contributed by atoms with van der Waals surface area (Å²) in [6.45, 7) is 0.814. The predicted molar refractivity (Wildman–Crippen MR) is 54.3 cm³/mol. The first-order chi connectivity index (χ1) is 6.27. The van der Waals surface area contributed by atoms with E-state index in [1.54, 1.807) is 4.68 Å². The van der Waals surface area contributed by atoms with Crippen molar-refractivity contribution in [1.82, 2.24) is 14.8 Å². The molecule has 1 aliphatic rings. The third-order valence-corrected chi connectivity index (χ3v) is 2.87. The van der Waals surface area contributed by atoms with Crippen LogP contribution in [0.1, 0.15) is 25.5 Å². The van der Waals surface area contributed by atoms with Gasteiger partial charge >= 0.3 is 0 Å². The molecular weight excluding hydrogens is 302 g/mol. The lowest BCUT2D eigenvalue weighted by atomic mass is 10.2. The maximum Gasteiger partial charge on any atom is 0.218 e.